The van der Waals surface area contributed by atoms with Gasteiger partial charge in [-0.1, -0.05) is 60.7 Å². The van der Waals surface area contributed by atoms with Crippen molar-refractivity contribution in [3.05, 3.63) is 153 Å². The monoisotopic (exact) mass is 841 g/mol. The van der Waals surface area contributed by atoms with Gasteiger partial charge in [-0.3, -0.25) is 19.2 Å². The summed E-state index contributed by atoms with van der Waals surface area (Å²) < 4.78 is 19.5. The number of hydrogen-bond acceptors (Lipinski definition) is 11. The van der Waals surface area contributed by atoms with Crippen molar-refractivity contribution in [2.75, 3.05) is 33.3 Å². The number of aliphatic hydroxyl groups excluding tert-OH is 1. The number of H-pyrrole nitrogens is 1. The second kappa shape index (κ2) is 18.9. The van der Waals surface area contributed by atoms with Gasteiger partial charge in [0.15, 0.2) is 5.69 Å². The molecule has 5 heterocycles. The third kappa shape index (κ3) is 9.76. The number of piperidine rings is 3. The standard InChI is InChI=1S/C47H51N7O8/c1-53-34(28-61-35-10-6-9-32(22-35)44(31-7-4-3-5-8-31)51-47(59)62-42-27-54-19-17-30(42)18-20-54)23-38(52-53)46(58)49-24-29-11-12-33(41(21-29)60-2)25-48-26-40(56)36-13-15-39(55)45-37(36)14-16-43(57)50-45/h3-16,21-23,30,40,42,44,48,55-56H,17-20,24-28H2,1-2H3,(H,49,58)(H,50,57)(H,51,59)/t40?,42?,44-/m0/s1. The number of alkyl carbamates (subject to hydrolysis) is 1. The Morgan fingerprint density at radius 1 is 0.935 bits per heavy atom. The van der Waals surface area contributed by atoms with Crippen LogP contribution in [0.4, 0.5) is 4.79 Å². The van der Waals surface area contributed by atoms with E-state index >= 15 is 0 Å². The number of rotatable bonds is 16. The van der Waals surface area contributed by atoms with Crippen LogP contribution in [0.25, 0.3) is 10.9 Å². The number of hydrogen-bond donors (Lipinski definition) is 6. The van der Waals surface area contributed by atoms with Crippen LogP contribution in [0.1, 0.15) is 69.0 Å². The van der Waals surface area contributed by atoms with Crippen LogP contribution in [0.3, 0.4) is 0 Å². The molecule has 4 aromatic carbocycles. The lowest BCUT2D eigenvalue weighted by molar-refractivity contribution is -0.0336. The molecule has 62 heavy (non-hydrogen) atoms. The van der Waals surface area contributed by atoms with Crippen LogP contribution in [-0.2, 0) is 31.5 Å². The molecule has 3 aliphatic heterocycles. The summed E-state index contributed by atoms with van der Waals surface area (Å²) in [5.41, 5.74) is 4.85. The third-order valence-corrected chi connectivity index (χ3v) is 11.8. The summed E-state index contributed by atoms with van der Waals surface area (Å²) in [4.78, 5) is 43.3. The van der Waals surface area contributed by atoms with Gasteiger partial charge in [-0.2, -0.15) is 5.10 Å². The number of pyridine rings is 1. The summed E-state index contributed by atoms with van der Waals surface area (Å²) in [6.07, 6.45) is 0.651. The lowest BCUT2D eigenvalue weighted by Gasteiger charge is -2.43. The summed E-state index contributed by atoms with van der Waals surface area (Å²) in [5, 5.41) is 35.4. The van der Waals surface area contributed by atoms with Crippen molar-refractivity contribution in [1.82, 2.24) is 35.6 Å². The average Bonchev–Trinajstić information content (AvgIpc) is 3.67. The van der Waals surface area contributed by atoms with Crippen molar-refractivity contribution in [3.63, 3.8) is 0 Å². The first-order valence-electron chi connectivity index (χ1n) is 20.8. The topological polar surface area (TPSA) is 192 Å². The first kappa shape index (κ1) is 42.0. The third-order valence-electron chi connectivity index (χ3n) is 11.8. The molecule has 3 fully saturated rings. The van der Waals surface area contributed by atoms with Gasteiger partial charge in [-0.25, -0.2) is 4.79 Å². The molecule has 6 aromatic rings. The van der Waals surface area contributed by atoms with Crippen molar-refractivity contribution >= 4 is 22.9 Å². The van der Waals surface area contributed by atoms with Crippen molar-refractivity contribution in [2.45, 2.75) is 50.8 Å². The van der Waals surface area contributed by atoms with E-state index in [1.54, 1.807) is 37.0 Å². The van der Waals surface area contributed by atoms with Gasteiger partial charge >= 0.3 is 6.09 Å². The van der Waals surface area contributed by atoms with Crippen LogP contribution >= 0.6 is 0 Å². The van der Waals surface area contributed by atoms with E-state index < -0.39 is 18.2 Å². The summed E-state index contributed by atoms with van der Waals surface area (Å²) >= 11 is 0. The number of aliphatic hydroxyl groups is 1. The molecule has 3 atom stereocenters. The Hall–Kier alpha value is -6.68. The van der Waals surface area contributed by atoms with Gasteiger partial charge in [0.05, 0.1) is 30.5 Å². The SMILES string of the molecule is COc1cc(CNC(=O)c2cc(COc3cccc([C@@H](NC(=O)OC4CN5CCC4CC5)c4ccccc4)c3)n(C)n2)ccc1CNCC(O)c1ccc(O)c2[nH]c(=O)ccc12. The van der Waals surface area contributed by atoms with E-state index in [9.17, 15) is 24.6 Å². The number of nitrogens with one attached hydrogen (secondary N) is 4. The highest BCUT2D eigenvalue weighted by atomic mass is 16.6. The fraction of sp³-hybridized carbons (Fsp3) is 0.319. The fourth-order valence-electron chi connectivity index (χ4n) is 8.35. The number of aromatic nitrogens is 3. The molecule has 3 aliphatic rings. The van der Waals surface area contributed by atoms with Gasteiger partial charge in [0.25, 0.3) is 5.91 Å². The summed E-state index contributed by atoms with van der Waals surface area (Å²) in [6, 6.07) is 30.3. The predicted octanol–water partition coefficient (Wildman–Crippen LogP) is 5.22. The molecule has 6 N–H and O–H groups in total. The number of amides is 2. The van der Waals surface area contributed by atoms with Crippen LogP contribution in [0, 0.1) is 5.92 Å². The number of carbonyl (C=O) groups excluding carboxylic acids is 2. The highest BCUT2D eigenvalue weighted by Crippen LogP contribution is 2.32. The maximum absolute atomic E-state index is 13.3. The van der Waals surface area contributed by atoms with Gasteiger partial charge in [0.2, 0.25) is 5.56 Å². The largest absolute Gasteiger partial charge is 0.506 e. The molecular formula is C47H51N7O8. The highest BCUT2D eigenvalue weighted by molar-refractivity contribution is 5.92. The van der Waals surface area contributed by atoms with Crippen molar-refractivity contribution in [1.29, 1.82) is 0 Å². The number of ether oxygens (including phenoxy) is 3. The second-order valence-corrected chi connectivity index (χ2v) is 15.8. The molecular weight excluding hydrogens is 791 g/mol. The Bertz CT molecular complexity index is 2590. The van der Waals surface area contributed by atoms with Gasteiger partial charge < -0.3 is 45.4 Å². The molecule has 2 unspecified atom stereocenters. The number of nitrogens with zero attached hydrogens (tertiary/aromatic N) is 3. The molecule has 0 saturated carbocycles. The van der Waals surface area contributed by atoms with E-state index in [1.807, 2.05) is 72.8 Å². The molecule has 9 rings (SSSR count). The van der Waals surface area contributed by atoms with E-state index in [1.165, 1.54) is 12.1 Å². The summed E-state index contributed by atoms with van der Waals surface area (Å²) in [6.45, 7) is 3.89. The van der Waals surface area contributed by atoms with Gasteiger partial charge in [-0.05, 0) is 90.5 Å². The Balaban J connectivity index is 0.845. The van der Waals surface area contributed by atoms with E-state index in [4.69, 9.17) is 14.2 Å². The van der Waals surface area contributed by atoms with Crippen molar-refractivity contribution in [2.24, 2.45) is 13.0 Å². The summed E-state index contributed by atoms with van der Waals surface area (Å²) in [7, 11) is 3.33. The number of aromatic hydroxyl groups is 1. The molecule has 15 heteroatoms. The normalized spacial score (nSPS) is 17.9. The molecule has 322 valence electrons. The molecule has 2 aromatic heterocycles. The molecule has 0 spiro atoms. The van der Waals surface area contributed by atoms with E-state index in [0.29, 0.717) is 40.6 Å². The van der Waals surface area contributed by atoms with Gasteiger partial charge in [0, 0.05) is 50.2 Å². The van der Waals surface area contributed by atoms with Crippen LogP contribution in [0.2, 0.25) is 0 Å². The van der Waals surface area contributed by atoms with Crippen LogP contribution in [0.5, 0.6) is 17.2 Å². The molecule has 15 nitrogen and oxygen atoms in total. The number of phenols is 1. The van der Waals surface area contributed by atoms with Crippen molar-refractivity contribution < 1.29 is 34.0 Å². The van der Waals surface area contributed by atoms with Crippen molar-refractivity contribution in [3.8, 4) is 17.2 Å². The Morgan fingerprint density at radius 2 is 1.74 bits per heavy atom. The minimum absolute atomic E-state index is 0.0703. The zero-order valence-electron chi connectivity index (χ0n) is 34.7. The van der Waals surface area contributed by atoms with E-state index in [-0.39, 0.29) is 54.2 Å². The van der Waals surface area contributed by atoms with Crippen LogP contribution in [0.15, 0.2) is 108 Å². The summed E-state index contributed by atoms with van der Waals surface area (Å²) in [5.74, 6) is 1.19. The van der Waals surface area contributed by atoms with Gasteiger partial charge in [-0.15, -0.1) is 0 Å². The zero-order valence-corrected chi connectivity index (χ0v) is 34.7. The zero-order chi connectivity index (χ0) is 43.2. The lowest BCUT2D eigenvalue weighted by atomic mass is 9.86. The number of carbonyl (C=O) groups is 2. The Morgan fingerprint density at radius 3 is 2.52 bits per heavy atom. The first-order chi connectivity index (χ1) is 30.1. The number of phenolic OH excluding ortho intramolecular Hbond substituents is 1. The lowest BCUT2D eigenvalue weighted by Crippen LogP contribution is -2.52. The first-order valence-corrected chi connectivity index (χ1v) is 20.8. The quantitative estimate of drug-likeness (QED) is 0.0749. The van der Waals surface area contributed by atoms with Crippen LogP contribution < -0.4 is 31.0 Å². The molecule has 3 saturated heterocycles. The number of methoxy groups -OCH3 is 1. The average molecular weight is 842 g/mol. The minimum atomic E-state index is -0.909. The van der Waals surface area contributed by atoms with E-state index in [2.05, 4.69) is 30.9 Å². The Labute approximate surface area is 358 Å². The second-order valence-electron chi connectivity index (χ2n) is 15.8. The number of fused-ring (bicyclic) bond motifs is 4. The molecule has 0 radical (unpaired) electrons. The number of aromatic amines is 1. The smallest absolute Gasteiger partial charge is 0.408 e. The van der Waals surface area contributed by atoms with E-state index in [0.717, 1.165) is 54.7 Å². The molecule has 0 aliphatic carbocycles. The van der Waals surface area contributed by atoms with Crippen LogP contribution in [-0.4, -0.2) is 81.3 Å². The fourth-order valence-corrected chi connectivity index (χ4v) is 8.35. The van der Waals surface area contributed by atoms with Gasteiger partial charge in [0.1, 0.15) is 30.0 Å². The number of aryl methyl sites for hydroxylation is 1. The minimum Gasteiger partial charge on any atom is -0.506 e. The molecule has 2 bridgehead atoms. The highest BCUT2D eigenvalue weighted by Gasteiger charge is 2.37. The predicted molar refractivity (Wildman–Crippen MR) is 232 cm³/mol. The molecule has 2 amide bonds. The maximum atomic E-state index is 13.3. The Kier molecular flexibility index (Phi) is 12.8. The number of benzene rings is 4. The maximum Gasteiger partial charge on any atom is 0.408 e.